The number of sulfonamides is 1. The number of phenolic OH excluding ortho intramolecular Hbond substituents is 1. The van der Waals surface area contributed by atoms with Gasteiger partial charge < -0.3 is 15.7 Å². The van der Waals surface area contributed by atoms with Crippen LogP contribution in [0.5, 0.6) is 5.75 Å². The number of nitrogens with one attached hydrogen (secondary N) is 1. The first-order valence-corrected chi connectivity index (χ1v) is 7.87. The van der Waals surface area contributed by atoms with Crippen LogP contribution in [0.3, 0.4) is 0 Å². The van der Waals surface area contributed by atoms with Crippen molar-refractivity contribution in [1.82, 2.24) is 9.62 Å². The quantitative estimate of drug-likeness (QED) is 0.534. The van der Waals surface area contributed by atoms with E-state index in [0.29, 0.717) is 6.54 Å². The molecule has 0 saturated heterocycles. The average molecular weight is 301 g/mol. The Morgan fingerprint density at radius 3 is 2.40 bits per heavy atom. The molecule has 1 rings (SSSR count). The van der Waals surface area contributed by atoms with Crippen LogP contribution >= 0.6 is 0 Å². The Balaban J connectivity index is 3.00. The van der Waals surface area contributed by atoms with E-state index < -0.39 is 10.0 Å². The molecule has 0 aliphatic rings. The zero-order chi connectivity index (χ0) is 15.5. The molecule has 0 fully saturated rings. The molecule has 0 aliphatic carbocycles. The predicted molar refractivity (Wildman–Crippen MR) is 80.0 cm³/mol. The summed E-state index contributed by atoms with van der Waals surface area (Å²) in [6.45, 7) is 4.52. The van der Waals surface area contributed by atoms with Gasteiger partial charge >= 0.3 is 0 Å². The molecule has 1 unspecified atom stereocenters. The smallest absolute Gasteiger partial charge is 0.240 e. The van der Waals surface area contributed by atoms with E-state index in [1.165, 1.54) is 18.2 Å². The summed E-state index contributed by atoms with van der Waals surface area (Å²) in [4.78, 5) is 1.98. The zero-order valence-corrected chi connectivity index (χ0v) is 13.1. The molecule has 0 spiro atoms. The van der Waals surface area contributed by atoms with Gasteiger partial charge in [-0.2, -0.15) is 0 Å². The molecule has 7 heteroatoms. The molecule has 20 heavy (non-hydrogen) atoms. The molecule has 1 atom stereocenters. The highest BCUT2D eigenvalue weighted by molar-refractivity contribution is 7.89. The Hall–Kier alpha value is -1.31. The Morgan fingerprint density at radius 2 is 1.95 bits per heavy atom. The van der Waals surface area contributed by atoms with Gasteiger partial charge in [0.05, 0.1) is 10.6 Å². The van der Waals surface area contributed by atoms with Gasteiger partial charge in [0.2, 0.25) is 10.0 Å². The second-order valence-corrected chi connectivity index (χ2v) is 7.17. The summed E-state index contributed by atoms with van der Waals surface area (Å²) in [7, 11) is 0.125. The lowest BCUT2D eigenvalue weighted by atomic mass is 10.1. The van der Waals surface area contributed by atoms with E-state index in [4.69, 9.17) is 5.73 Å². The van der Waals surface area contributed by atoms with Crippen LogP contribution in [0, 0.1) is 5.92 Å². The van der Waals surface area contributed by atoms with Crippen LogP contribution in [0.4, 0.5) is 5.69 Å². The van der Waals surface area contributed by atoms with E-state index >= 15 is 0 Å². The lowest BCUT2D eigenvalue weighted by Gasteiger charge is -2.25. The third-order valence-corrected chi connectivity index (χ3v) is 4.47. The van der Waals surface area contributed by atoms with Crippen molar-refractivity contribution in [1.29, 1.82) is 0 Å². The van der Waals surface area contributed by atoms with E-state index in [-0.39, 0.29) is 28.3 Å². The van der Waals surface area contributed by atoms with E-state index in [9.17, 15) is 13.5 Å². The molecular formula is C13H23N3O3S. The minimum Gasteiger partial charge on any atom is -0.506 e. The number of anilines is 1. The monoisotopic (exact) mass is 301 g/mol. The number of benzene rings is 1. The molecule has 4 N–H and O–H groups in total. The first-order chi connectivity index (χ1) is 9.13. The van der Waals surface area contributed by atoms with Crippen LogP contribution in [-0.4, -0.2) is 45.1 Å². The van der Waals surface area contributed by atoms with Crippen molar-refractivity contribution in [2.45, 2.75) is 24.8 Å². The number of rotatable bonds is 6. The molecule has 0 heterocycles. The van der Waals surface area contributed by atoms with Crippen LogP contribution in [0.1, 0.15) is 13.8 Å². The Labute approximate surface area is 120 Å². The summed E-state index contributed by atoms with van der Waals surface area (Å²) in [5.74, 6) is 0.0271. The highest BCUT2D eigenvalue weighted by atomic mass is 32.2. The van der Waals surface area contributed by atoms with Crippen molar-refractivity contribution in [3.05, 3.63) is 18.2 Å². The third-order valence-electron chi connectivity index (χ3n) is 2.98. The minimum absolute atomic E-state index is 0.0431. The van der Waals surface area contributed by atoms with Crippen molar-refractivity contribution >= 4 is 15.7 Å². The summed E-state index contributed by atoms with van der Waals surface area (Å²) in [6, 6.07) is 3.66. The fraction of sp³-hybridized carbons (Fsp3) is 0.538. The Bertz CT molecular complexity index is 556. The van der Waals surface area contributed by atoms with Gasteiger partial charge in [-0.25, -0.2) is 13.1 Å². The first kappa shape index (κ1) is 16.7. The van der Waals surface area contributed by atoms with Crippen LogP contribution in [-0.2, 0) is 10.0 Å². The van der Waals surface area contributed by atoms with Gasteiger partial charge in [0.25, 0.3) is 0 Å². The van der Waals surface area contributed by atoms with Crippen molar-refractivity contribution < 1.29 is 13.5 Å². The van der Waals surface area contributed by atoms with E-state index in [1.54, 1.807) is 0 Å². The number of nitrogens with zero attached hydrogens (tertiary/aromatic N) is 1. The molecule has 0 amide bonds. The highest BCUT2D eigenvalue weighted by Crippen LogP contribution is 2.23. The molecule has 114 valence electrons. The van der Waals surface area contributed by atoms with Crippen molar-refractivity contribution in [3.63, 3.8) is 0 Å². The number of nitrogen functional groups attached to an aromatic ring is 1. The Kier molecular flexibility index (Phi) is 5.38. The summed E-state index contributed by atoms with van der Waals surface area (Å²) >= 11 is 0. The van der Waals surface area contributed by atoms with E-state index in [1.807, 2.05) is 32.8 Å². The molecule has 0 aromatic heterocycles. The number of hydrogen-bond acceptors (Lipinski definition) is 5. The Morgan fingerprint density at radius 1 is 1.35 bits per heavy atom. The maximum absolute atomic E-state index is 12.3. The van der Waals surface area contributed by atoms with Crippen molar-refractivity contribution in [2.24, 2.45) is 5.92 Å². The van der Waals surface area contributed by atoms with E-state index in [0.717, 1.165) is 0 Å². The van der Waals surface area contributed by atoms with Gasteiger partial charge in [-0.1, -0.05) is 13.8 Å². The highest BCUT2D eigenvalue weighted by Gasteiger charge is 2.23. The molecule has 0 aliphatic heterocycles. The summed E-state index contributed by atoms with van der Waals surface area (Å²) in [5.41, 5.74) is 5.58. The minimum atomic E-state index is -3.66. The van der Waals surface area contributed by atoms with Crippen molar-refractivity contribution in [3.8, 4) is 5.75 Å². The summed E-state index contributed by atoms with van der Waals surface area (Å²) in [5, 5.41) is 9.35. The van der Waals surface area contributed by atoms with Crippen LogP contribution in [0.15, 0.2) is 23.1 Å². The van der Waals surface area contributed by atoms with Gasteiger partial charge in [0.15, 0.2) is 0 Å². The summed E-state index contributed by atoms with van der Waals surface area (Å²) in [6.07, 6.45) is 0. The molecule has 1 aromatic carbocycles. The number of nitrogens with two attached hydrogens (primary N) is 1. The van der Waals surface area contributed by atoms with E-state index in [2.05, 4.69) is 4.72 Å². The van der Waals surface area contributed by atoms with Gasteiger partial charge in [0.1, 0.15) is 5.75 Å². The number of hydrogen-bond donors (Lipinski definition) is 3. The molecule has 6 nitrogen and oxygen atoms in total. The molecule has 0 radical (unpaired) electrons. The lowest BCUT2D eigenvalue weighted by Crippen LogP contribution is -2.44. The number of phenols is 1. The maximum atomic E-state index is 12.3. The molecule has 1 aromatic rings. The van der Waals surface area contributed by atoms with Crippen LogP contribution in [0.2, 0.25) is 0 Å². The maximum Gasteiger partial charge on any atom is 0.240 e. The fourth-order valence-electron chi connectivity index (χ4n) is 1.74. The zero-order valence-electron chi connectivity index (χ0n) is 12.3. The topological polar surface area (TPSA) is 95.7 Å². The molecular weight excluding hydrogens is 278 g/mol. The van der Waals surface area contributed by atoms with Crippen LogP contribution < -0.4 is 10.5 Å². The van der Waals surface area contributed by atoms with Gasteiger partial charge in [-0.15, -0.1) is 0 Å². The normalized spacial score (nSPS) is 13.9. The predicted octanol–water partition coefficient (Wildman–Crippen LogP) is 0.839. The number of aromatic hydroxyl groups is 1. The average Bonchev–Trinajstić information content (AvgIpc) is 2.30. The van der Waals surface area contributed by atoms with Crippen LogP contribution in [0.25, 0.3) is 0 Å². The van der Waals surface area contributed by atoms with Gasteiger partial charge in [-0.05, 0) is 38.2 Å². The second kappa shape index (κ2) is 6.43. The fourth-order valence-corrected chi connectivity index (χ4v) is 3.16. The van der Waals surface area contributed by atoms with Gasteiger partial charge in [0, 0.05) is 12.6 Å². The second-order valence-electron chi connectivity index (χ2n) is 5.45. The molecule has 0 saturated carbocycles. The third kappa shape index (κ3) is 4.36. The largest absolute Gasteiger partial charge is 0.506 e. The van der Waals surface area contributed by atoms with Gasteiger partial charge in [-0.3, -0.25) is 0 Å². The standard InChI is InChI=1S/C13H23N3O3S/c1-9(2)12(8-16(3)4)15-20(18,19)10-5-6-13(17)11(14)7-10/h5-7,9,12,15,17H,8,14H2,1-4H3. The van der Waals surface area contributed by atoms with Crippen molar-refractivity contribution in [2.75, 3.05) is 26.4 Å². The first-order valence-electron chi connectivity index (χ1n) is 6.39. The summed E-state index contributed by atoms with van der Waals surface area (Å²) < 4.78 is 27.3. The SMILES string of the molecule is CC(C)C(CN(C)C)NS(=O)(=O)c1ccc(O)c(N)c1. The lowest BCUT2D eigenvalue weighted by molar-refractivity contribution is 0.314. The number of likely N-dealkylation sites (N-methyl/N-ethyl adjacent to an activating group) is 1. The molecule has 0 bridgehead atoms.